The van der Waals surface area contributed by atoms with Crippen LogP contribution in [0.3, 0.4) is 0 Å². The number of rotatable bonds is 7. The van der Waals surface area contributed by atoms with Gasteiger partial charge in [0.15, 0.2) is 0 Å². The maximum absolute atomic E-state index is 4.70. The van der Waals surface area contributed by atoms with Crippen molar-refractivity contribution in [3.05, 3.63) is 23.4 Å². The van der Waals surface area contributed by atoms with Crippen LogP contribution in [0.4, 0.5) is 5.82 Å². The number of aryl methyl sites for hydroxylation is 1. The Morgan fingerprint density at radius 2 is 2.16 bits per heavy atom. The molecular formula is C16H27N3. The van der Waals surface area contributed by atoms with E-state index in [2.05, 4.69) is 44.0 Å². The van der Waals surface area contributed by atoms with Crippen molar-refractivity contribution < 1.29 is 0 Å². The minimum Gasteiger partial charge on any atom is -0.354 e. The van der Waals surface area contributed by atoms with Crippen LogP contribution in [0.1, 0.15) is 51.2 Å². The Balaban J connectivity index is 2.07. The van der Waals surface area contributed by atoms with E-state index in [1.54, 1.807) is 0 Å². The molecule has 0 saturated heterocycles. The lowest BCUT2D eigenvalue weighted by molar-refractivity contribution is 0.656. The van der Waals surface area contributed by atoms with Crippen molar-refractivity contribution in [2.75, 3.05) is 11.4 Å². The van der Waals surface area contributed by atoms with Gasteiger partial charge in [-0.25, -0.2) is 4.98 Å². The summed E-state index contributed by atoms with van der Waals surface area (Å²) in [5.41, 5.74) is 2.59. The monoisotopic (exact) mass is 261 g/mol. The SMILES string of the molecule is CCCN(c1ncc(CNC2CC2)cc1C)C(C)C. The molecule has 3 nitrogen and oxygen atoms in total. The zero-order valence-electron chi connectivity index (χ0n) is 12.7. The second-order valence-electron chi connectivity index (χ2n) is 5.93. The first kappa shape index (κ1) is 14.3. The van der Waals surface area contributed by atoms with Crippen LogP contribution in [0.15, 0.2) is 12.3 Å². The van der Waals surface area contributed by atoms with E-state index in [0.29, 0.717) is 6.04 Å². The molecule has 0 atom stereocenters. The van der Waals surface area contributed by atoms with Crippen molar-refractivity contribution in [3.63, 3.8) is 0 Å². The Hall–Kier alpha value is -1.09. The van der Waals surface area contributed by atoms with Gasteiger partial charge in [-0.1, -0.05) is 6.92 Å². The maximum atomic E-state index is 4.70. The quantitative estimate of drug-likeness (QED) is 0.816. The summed E-state index contributed by atoms with van der Waals surface area (Å²) in [4.78, 5) is 7.10. The molecule has 1 aromatic rings. The number of nitrogens with zero attached hydrogens (tertiary/aromatic N) is 2. The molecule has 0 aliphatic heterocycles. The van der Waals surface area contributed by atoms with Crippen LogP contribution >= 0.6 is 0 Å². The molecule has 1 N–H and O–H groups in total. The Bertz CT molecular complexity index is 410. The number of pyridine rings is 1. The first-order valence-corrected chi connectivity index (χ1v) is 7.57. The van der Waals surface area contributed by atoms with Crippen molar-refractivity contribution in [1.29, 1.82) is 0 Å². The number of anilines is 1. The second-order valence-corrected chi connectivity index (χ2v) is 5.93. The molecule has 3 heteroatoms. The summed E-state index contributed by atoms with van der Waals surface area (Å²) >= 11 is 0. The largest absolute Gasteiger partial charge is 0.354 e. The zero-order chi connectivity index (χ0) is 13.8. The summed E-state index contributed by atoms with van der Waals surface area (Å²) in [5, 5.41) is 3.54. The van der Waals surface area contributed by atoms with Crippen molar-refractivity contribution in [3.8, 4) is 0 Å². The molecule has 1 fully saturated rings. The lowest BCUT2D eigenvalue weighted by Crippen LogP contribution is -2.33. The second kappa shape index (κ2) is 6.38. The van der Waals surface area contributed by atoms with E-state index in [-0.39, 0.29) is 0 Å². The number of aromatic nitrogens is 1. The molecule has 106 valence electrons. The predicted molar refractivity (Wildman–Crippen MR) is 81.6 cm³/mol. The van der Waals surface area contributed by atoms with Gasteiger partial charge in [-0.05, 0) is 57.2 Å². The summed E-state index contributed by atoms with van der Waals surface area (Å²) in [6.07, 6.45) is 5.86. The van der Waals surface area contributed by atoms with Gasteiger partial charge >= 0.3 is 0 Å². The molecule has 0 unspecified atom stereocenters. The normalized spacial score (nSPS) is 15.0. The van der Waals surface area contributed by atoms with Crippen LogP contribution in [0.25, 0.3) is 0 Å². The third-order valence-corrected chi connectivity index (χ3v) is 3.64. The van der Waals surface area contributed by atoms with Gasteiger partial charge in [-0.15, -0.1) is 0 Å². The average molecular weight is 261 g/mol. The van der Waals surface area contributed by atoms with Crippen LogP contribution in [-0.4, -0.2) is 23.6 Å². The number of hydrogen-bond acceptors (Lipinski definition) is 3. The molecule has 0 spiro atoms. The van der Waals surface area contributed by atoms with Crippen LogP contribution in [0, 0.1) is 6.92 Å². The van der Waals surface area contributed by atoms with E-state index >= 15 is 0 Å². The molecule has 0 aromatic carbocycles. The zero-order valence-corrected chi connectivity index (χ0v) is 12.7. The highest BCUT2D eigenvalue weighted by atomic mass is 15.2. The topological polar surface area (TPSA) is 28.2 Å². The van der Waals surface area contributed by atoms with E-state index in [1.807, 2.05) is 6.20 Å². The highest BCUT2D eigenvalue weighted by Crippen LogP contribution is 2.22. The van der Waals surface area contributed by atoms with E-state index in [1.165, 1.54) is 24.0 Å². The number of hydrogen-bond donors (Lipinski definition) is 1. The van der Waals surface area contributed by atoms with Gasteiger partial charge in [0.05, 0.1) is 0 Å². The molecule has 0 bridgehead atoms. The third kappa shape index (κ3) is 3.93. The molecule has 0 radical (unpaired) electrons. The van der Waals surface area contributed by atoms with E-state index < -0.39 is 0 Å². The van der Waals surface area contributed by atoms with Crippen LogP contribution in [-0.2, 0) is 6.54 Å². The Labute approximate surface area is 117 Å². The first-order valence-electron chi connectivity index (χ1n) is 7.57. The van der Waals surface area contributed by atoms with Gasteiger partial charge in [0.1, 0.15) is 5.82 Å². The Morgan fingerprint density at radius 3 is 2.68 bits per heavy atom. The maximum Gasteiger partial charge on any atom is 0.131 e. The fourth-order valence-corrected chi connectivity index (χ4v) is 2.42. The fraction of sp³-hybridized carbons (Fsp3) is 0.688. The summed E-state index contributed by atoms with van der Waals surface area (Å²) in [6.45, 7) is 10.9. The van der Waals surface area contributed by atoms with E-state index in [4.69, 9.17) is 4.98 Å². The third-order valence-electron chi connectivity index (χ3n) is 3.64. The summed E-state index contributed by atoms with van der Waals surface area (Å²) in [5.74, 6) is 1.15. The summed E-state index contributed by atoms with van der Waals surface area (Å²) in [6, 6.07) is 3.54. The van der Waals surface area contributed by atoms with Gasteiger partial charge in [0.25, 0.3) is 0 Å². The molecule has 19 heavy (non-hydrogen) atoms. The Morgan fingerprint density at radius 1 is 1.42 bits per heavy atom. The molecule has 1 saturated carbocycles. The standard InChI is InChI=1S/C16H27N3/c1-5-8-19(12(2)3)16-13(4)9-14(11-18-16)10-17-15-6-7-15/h9,11-12,15,17H,5-8,10H2,1-4H3. The highest BCUT2D eigenvalue weighted by molar-refractivity contribution is 5.48. The molecule has 2 rings (SSSR count). The van der Waals surface area contributed by atoms with Crippen molar-refractivity contribution >= 4 is 5.82 Å². The minimum absolute atomic E-state index is 0.501. The van der Waals surface area contributed by atoms with Crippen LogP contribution in [0.5, 0.6) is 0 Å². The summed E-state index contributed by atoms with van der Waals surface area (Å²) in [7, 11) is 0. The van der Waals surface area contributed by atoms with Gasteiger partial charge < -0.3 is 10.2 Å². The van der Waals surface area contributed by atoms with E-state index in [9.17, 15) is 0 Å². The molecule has 1 aromatic heterocycles. The smallest absolute Gasteiger partial charge is 0.131 e. The van der Waals surface area contributed by atoms with Gasteiger partial charge in [0.2, 0.25) is 0 Å². The van der Waals surface area contributed by atoms with Crippen LogP contribution in [0.2, 0.25) is 0 Å². The molecule has 1 heterocycles. The van der Waals surface area contributed by atoms with Gasteiger partial charge in [-0.3, -0.25) is 0 Å². The average Bonchev–Trinajstić information content (AvgIpc) is 3.18. The van der Waals surface area contributed by atoms with Crippen LogP contribution < -0.4 is 10.2 Å². The first-order chi connectivity index (χ1) is 9.11. The van der Waals surface area contributed by atoms with Gasteiger partial charge in [-0.2, -0.15) is 0 Å². The highest BCUT2D eigenvalue weighted by Gasteiger charge is 2.20. The van der Waals surface area contributed by atoms with Crippen molar-refractivity contribution in [2.24, 2.45) is 0 Å². The number of nitrogens with one attached hydrogen (secondary N) is 1. The molecule has 1 aliphatic carbocycles. The predicted octanol–water partition coefficient (Wildman–Crippen LogP) is 3.27. The Kier molecular flexibility index (Phi) is 4.81. The lowest BCUT2D eigenvalue weighted by atomic mass is 10.1. The molecule has 1 aliphatic rings. The van der Waals surface area contributed by atoms with E-state index in [0.717, 1.165) is 31.4 Å². The van der Waals surface area contributed by atoms with Gasteiger partial charge in [0, 0.05) is 31.4 Å². The lowest BCUT2D eigenvalue weighted by Gasteiger charge is -2.29. The van der Waals surface area contributed by atoms with Crippen molar-refractivity contribution in [2.45, 2.75) is 65.6 Å². The van der Waals surface area contributed by atoms with Crippen molar-refractivity contribution in [1.82, 2.24) is 10.3 Å². The fourth-order valence-electron chi connectivity index (χ4n) is 2.42. The summed E-state index contributed by atoms with van der Waals surface area (Å²) < 4.78 is 0. The minimum atomic E-state index is 0.501. The molecular weight excluding hydrogens is 234 g/mol. The molecule has 0 amide bonds.